The summed E-state index contributed by atoms with van der Waals surface area (Å²) < 4.78 is 87.4. The Kier molecular flexibility index (Phi) is 2.17. The second-order valence-corrected chi connectivity index (χ2v) is 2.83. The Morgan fingerprint density at radius 2 is 1.14 bits per heavy atom. The molecule has 0 fully saturated rings. The highest BCUT2D eigenvalue weighted by Gasteiger charge is 2.63. The minimum Gasteiger partial charge on any atom is -0.229 e. The molecule has 0 aliphatic heterocycles. The summed E-state index contributed by atoms with van der Waals surface area (Å²) in [4.78, 5) is 0. The smallest absolute Gasteiger partial charge is 0.229 e. The average molecular weight is 220 g/mol. The van der Waals surface area contributed by atoms with Crippen molar-refractivity contribution in [1.82, 2.24) is 0 Å². The van der Waals surface area contributed by atoms with Gasteiger partial charge in [0, 0.05) is 0 Å². The van der Waals surface area contributed by atoms with Crippen LogP contribution in [-0.2, 0) is 0 Å². The summed E-state index contributed by atoms with van der Waals surface area (Å²) in [7, 11) is 0. The maximum Gasteiger partial charge on any atom is 0.341 e. The van der Waals surface area contributed by atoms with E-state index < -0.39 is 34.9 Å². The number of allylic oxidation sites excluding steroid dienone is 4. The Labute approximate surface area is 73.7 Å². The fourth-order valence-electron chi connectivity index (χ4n) is 0.881. The van der Waals surface area contributed by atoms with Gasteiger partial charge in [-0.1, -0.05) is 0 Å². The van der Waals surface area contributed by atoms with E-state index in [1.165, 1.54) is 0 Å². The third kappa shape index (κ3) is 1.07. The molecule has 7 heteroatoms. The Morgan fingerprint density at radius 3 is 1.57 bits per heavy atom. The number of rotatable bonds is 0. The van der Waals surface area contributed by atoms with Gasteiger partial charge in [0.25, 0.3) is 0 Å². The molecule has 1 aliphatic rings. The van der Waals surface area contributed by atoms with Crippen molar-refractivity contribution in [3.63, 3.8) is 0 Å². The van der Waals surface area contributed by atoms with Gasteiger partial charge in [-0.2, -0.15) is 8.78 Å². The Bertz CT molecular complexity index is 302. The van der Waals surface area contributed by atoms with Crippen LogP contribution in [0.2, 0.25) is 0 Å². The van der Waals surface area contributed by atoms with Crippen molar-refractivity contribution in [2.45, 2.75) is 18.5 Å². The normalized spacial score (nSPS) is 32.6. The van der Waals surface area contributed by atoms with Gasteiger partial charge in [-0.3, -0.25) is 0 Å². The molecule has 0 aromatic heterocycles. The maximum absolute atomic E-state index is 12.9. The zero-order chi connectivity index (χ0) is 11.3. The first-order valence-electron chi connectivity index (χ1n) is 3.32. The minimum atomic E-state index is -5.04. The van der Waals surface area contributed by atoms with E-state index in [9.17, 15) is 30.7 Å². The average Bonchev–Trinajstić information content (AvgIpc) is 2.10. The number of halogens is 7. The van der Waals surface area contributed by atoms with Gasteiger partial charge in [-0.05, 0) is 6.92 Å². The second kappa shape index (κ2) is 2.74. The van der Waals surface area contributed by atoms with E-state index in [-0.39, 0.29) is 6.92 Å². The van der Waals surface area contributed by atoms with E-state index in [0.29, 0.717) is 0 Å². The van der Waals surface area contributed by atoms with Crippen LogP contribution in [0.1, 0.15) is 6.92 Å². The van der Waals surface area contributed by atoms with Gasteiger partial charge >= 0.3 is 5.92 Å². The molecule has 1 aliphatic carbocycles. The molecular formula is C7H3F7. The maximum atomic E-state index is 12.9. The van der Waals surface area contributed by atoms with Crippen LogP contribution in [0.4, 0.5) is 30.7 Å². The number of hydrogen-bond acceptors (Lipinski definition) is 0. The molecule has 0 heterocycles. The zero-order valence-corrected chi connectivity index (χ0v) is 6.65. The van der Waals surface area contributed by atoms with Crippen molar-refractivity contribution in [2.24, 2.45) is 0 Å². The van der Waals surface area contributed by atoms with Crippen LogP contribution in [0.3, 0.4) is 0 Å². The van der Waals surface area contributed by atoms with Crippen LogP contribution < -0.4 is 0 Å². The Hall–Kier alpha value is -1.01. The summed E-state index contributed by atoms with van der Waals surface area (Å²) in [6.45, 7) is -0.0755. The quantitative estimate of drug-likeness (QED) is 0.546. The van der Waals surface area contributed by atoms with Crippen molar-refractivity contribution in [2.75, 3.05) is 0 Å². The number of alkyl halides is 3. The lowest BCUT2D eigenvalue weighted by atomic mass is 9.92. The highest BCUT2D eigenvalue weighted by Crippen LogP contribution is 2.51. The molecule has 0 nitrogen and oxygen atoms in total. The van der Waals surface area contributed by atoms with E-state index in [1.54, 1.807) is 0 Å². The summed E-state index contributed by atoms with van der Waals surface area (Å²) in [6, 6.07) is 0. The first kappa shape index (κ1) is 11.1. The molecule has 0 bridgehead atoms. The summed E-state index contributed by atoms with van der Waals surface area (Å²) in [5, 5.41) is 0. The minimum absolute atomic E-state index is 0.0755. The summed E-state index contributed by atoms with van der Waals surface area (Å²) >= 11 is 0. The molecule has 80 valence electrons. The fourth-order valence-corrected chi connectivity index (χ4v) is 0.881. The molecule has 1 atom stereocenters. The van der Waals surface area contributed by atoms with Gasteiger partial charge in [0.2, 0.25) is 11.5 Å². The highest BCUT2D eigenvalue weighted by molar-refractivity contribution is 5.40. The fraction of sp³-hybridized carbons (Fsp3) is 0.429. The van der Waals surface area contributed by atoms with Crippen molar-refractivity contribution < 1.29 is 30.7 Å². The standard InChI is InChI=1S/C7H3F7/c1-6(12)4(10)2(8)3(9)5(11)7(6,13)14/h1H3. The highest BCUT2D eigenvalue weighted by atomic mass is 19.3. The van der Waals surface area contributed by atoms with Crippen molar-refractivity contribution in [3.8, 4) is 0 Å². The monoisotopic (exact) mass is 220 g/mol. The van der Waals surface area contributed by atoms with Crippen LogP contribution in [0.5, 0.6) is 0 Å². The predicted octanol–water partition coefficient (Wildman–Crippen LogP) is 3.66. The molecule has 0 radical (unpaired) electrons. The zero-order valence-electron chi connectivity index (χ0n) is 6.65. The molecule has 1 rings (SSSR count). The predicted molar refractivity (Wildman–Crippen MR) is 32.9 cm³/mol. The molecule has 0 aromatic rings. The largest absolute Gasteiger partial charge is 0.341 e. The van der Waals surface area contributed by atoms with Gasteiger partial charge in [0.15, 0.2) is 17.5 Å². The van der Waals surface area contributed by atoms with Crippen LogP contribution in [0.15, 0.2) is 23.3 Å². The van der Waals surface area contributed by atoms with Crippen LogP contribution in [0, 0.1) is 0 Å². The molecule has 1 unspecified atom stereocenters. The molecule has 0 spiro atoms. The molecule has 0 amide bonds. The first-order chi connectivity index (χ1) is 6.14. The molecule has 0 N–H and O–H groups in total. The molecule has 0 saturated heterocycles. The Morgan fingerprint density at radius 1 is 0.786 bits per heavy atom. The topological polar surface area (TPSA) is 0 Å². The molecule has 14 heavy (non-hydrogen) atoms. The lowest BCUT2D eigenvalue weighted by Gasteiger charge is -2.30. The molecule has 0 aromatic carbocycles. The van der Waals surface area contributed by atoms with Crippen LogP contribution in [0.25, 0.3) is 0 Å². The van der Waals surface area contributed by atoms with E-state index >= 15 is 0 Å². The summed E-state index contributed by atoms with van der Waals surface area (Å²) in [5.41, 5.74) is -4.21. The molecule has 0 saturated carbocycles. The van der Waals surface area contributed by atoms with E-state index in [1.807, 2.05) is 0 Å². The summed E-state index contributed by atoms with van der Waals surface area (Å²) in [5.74, 6) is -15.9. The summed E-state index contributed by atoms with van der Waals surface area (Å²) in [6.07, 6.45) is 0. The van der Waals surface area contributed by atoms with Crippen molar-refractivity contribution in [3.05, 3.63) is 23.3 Å². The lowest BCUT2D eigenvalue weighted by Crippen LogP contribution is -2.45. The van der Waals surface area contributed by atoms with Crippen LogP contribution in [-0.4, -0.2) is 11.6 Å². The van der Waals surface area contributed by atoms with Crippen molar-refractivity contribution in [1.29, 1.82) is 0 Å². The van der Waals surface area contributed by atoms with Crippen molar-refractivity contribution >= 4 is 0 Å². The third-order valence-corrected chi connectivity index (χ3v) is 1.86. The van der Waals surface area contributed by atoms with Gasteiger partial charge < -0.3 is 0 Å². The van der Waals surface area contributed by atoms with Gasteiger partial charge in [0.1, 0.15) is 0 Å². The third-order valence-electron chi connectivity index (χ3n) is 1.86. The lowest BCUT2D eigenvalue weighted by molar-refractivity contribution is -0.109. The van der Waals surface area contributed by atoms with Gasteiger partial charge in [0.05, 0.1) is 0 Å². The Balaban J connectivity index is 3.48. The van der Waals surface area contributed by atoms with Gasteiger partial charge in [-0.15, -0.1) is 0 Å². The molecular weight excluding hydrogens is 217 g/mol. The first-order valence-corrected chi connectivity index (χ1v) is 3.32. The van der Waals surface area contributed by atoms with E-state index in [0.717, 1.165) is 0 Å². The van der Waals surface area contributed by atoms with E-state index in [2.05, 4.69) is 0 Å². The van der Waals surface area contributed by atoms with Crippen LogP contribution >= 0.6 is 0 Å². The second-order valence-electron chi connectivity index (χ2n) is 2.83. The SMILES string of the molecule is CC1(F)C(F)=C(F)C(F)=C(F)C1(F)F. The number of hydrogen-bond donors (Lipinski definition) is 0. The van der Waals surface area contributed by atoms with E-state index in [4.69, 9.17) is 0 Å². The van der Waals surface area contributed by atoms with Gasteiger partial charge in [-0.25, -0.2) is 22.0 Å².